The minimum Gasteiger partial charge on any atom is -0.486 e. The van der Waals surface area contributed by atoms with Gasteiger partial charge in [0.2, 0.25) is 0 Å². The average molecular weight is 505 g/mol. The zero-order valence-electron chi connectivity index (χ0n) is 19.9. The van der Waals surface area contributed by atoms with Gasteiger partial charge in [-0.15, -0.1) is 0 Å². The quantitative estimate of drug-likeness (QED) is 0.510. The van der Waals surface area contributed by atoms with Gasteiger partial charge in [-0.25, -0.2) is 4.98 Å². The van der Waals surface area contributed by atoms with E-state index in [1.54, 1.807) is 26.0 Å². The van der Waals surface area contributed by atoms with Crippen LogP contribution in [0.15, 0.2) is 36.5 Å². The number of halogens is 3. The minimum atomic E-state index is -4.66. The fraction of sp³-hybridized carbons (Fsp3) is 0.480. The molecular weight excluding hydrogens is 477 g/mol. The first-order chi connectivity index (χ1) is 17.0. The van der Waals surface area contributed by atoms with Crippen molar-refractivity contribution < 1.29 is 32.5 Å². The van der Waals surface area contributed by atoms with Gasteiger partial charge in [0.1, 0.15) is 23.2 Å². The number of nitrogens with zero attached hydrogens (tertiary/aromatic N) is 3. The summed E-state index contributed by atoms with van der Waals surface area (Å²) in [4.78, 5) is 16.3. The summed E-state index contributed by atoms with van der Waals surface area (Å²) >= 11 is 0. The lowest BCUT2D eigenvalue weighted by molar-refractivity contribution is -0.141. The summed E-state index contributed by atoms with van der Waals surface area (Å²) in [5, 5.41) is 18.3. The van der Waals surface area contributed by atoms with Crippen molar-refractivity contribution in [3.05, 3.63) is 47.9 Å². The van der Waals surface area contributed by atoms with Gasteiger partial charge in [-0.05, 0) is 50.8 Å². The molecule has 1 atom stereocenters. The summed E-state index contributed by atoms with van der Waals surface area (Å²) in [6.45, 7) is 4.56. The number of carbonyl (C=O) groups excluding carboxylic acids is 1. The second kappa shape index (κ2) is 9.04. The van der Waals surface area contributed by atoms with Crippen LogP contribution in [0.4, 0.5) is 18.9 Å². The van der Waals surface area contributed by atoms with Crippen LogP contribution < -0.4 is 10.1 Å². The number of carbonyl (C=O) groups is 1. The molecule has 1 aliphatic heterocycles. The highest BCUT2D eigenvalue weighted by molar-refractivity contribution is 6.05. The summed E-state index contributed by atoms with van der Waals surface area (Å²) in [6.07, 6.45) is -0.745. The second-order valence-electron chi connectivity index (χ2n) is 9.96. The first-order valence-electron chi connectivity index (χ1n) is 11.8. The summed E-state index contributed by atoms with van der Waals surface area (Å²) in [5.74, 6) is -0.246. The smallest absolute Gasteiger partial charge is 0.433 e. The number of anilines is 1. The van der Waals surface area contributed by atoms with Crippen molar-refractivity contribution >= 4 is 22.5 Å². The molecule has 0 spiro atoms. The molecule has 36 heavy (non-hydrogen) atoms. The Morgan fingerprint density at radius 2 is 2.03 bits per heavy atom. The Labute approximate surface area is 205 Å². The van der Waals surface area contributed by atoms with Gasteiger partial charge < -0.3 is 19.9 Å². The van der Waals surface area contributed by atoms with Crippen LogP contribution in [0, 0.1) is 5.92 Å². The molecule has 8 nitrogen and oxygen atoms in total. The molecule has 11 heteroatoms. The Balaban J connectivity index is 1.43. The molecule has 5 rings (SSSR count). The van der Waals surface area contributed by atoms with Crippen LogP contribution in [0.3, 0.4) is 0 Å². The van der Waals surface area contributed by atoms with E-state index in [4.69, 9.17) is 9.47 Å². The molecule has 1 aliphatic carbocycles. The average Bonchev–Trinajstić information content (AvgIpc) is 3.41. The SMILES string of the molecule is CC(C)(O)[C@H]1C[C@H](n2cc3cc(NC(=O)c4cccc(C(F)(F)F)n4)c(OC4CCOC4)cc3n2)C1. The third kappa shape index (κ3) is 5.03. The molecule has 192 valence electrons. The molecule has 2 aromatic heterocycles. The number of hydrogen-bond donors (Lipinski definition) is 2. The lowest BCUT2D eigenvalue weighted by Gasteiger charge is -2.42. The van der Waals surface area contributed by atoms with E-state index in [0.29, 0.717) is 36.6 Å². The number of nitrogens with one attached hydrogen (secondary N) is 1. The number of fused-ring (bicyclic) bond motifs is 1. The van der Waals surface area contributed by atoms with Gasteiger partial charge in [-0.2, -0.15) is 18.3 Å². The summed E-state index contributed by atoms with van der Waals surface area (Å²) < 4.78 is 52.5. The normalized spacial score (nSPS) is 22.4. The Hall–Kier alpha value is -3.18. The van der Waals surface area contributed by atoms with Crippen molar-refractivity contribution in [3.8, 4) is 5.75 Å². The van der Waals surface area contributed by atoms with Gasteiger partial charge in [-0.3, -0.25) is 9.48 Å². The fourth-order valence-electron chi connectivity index (χ4n) is 4.53. The van der Waals surface area contributed by atoms with E-state index in [1.807, 2.05) is 10.9 Å². The molecule has 1 amide bonds. The fourth-order valence-corrected chi connectivity index (χ4v) is 4.53. The Kier molecular flexibility index (Phi) is 6.16. The highest BCUT2D eigenvalue weighted by atomic mass is 19.4. The molecule has 1 saturated carbocycles. The van der Waals surface area contributed by atoms with Gasteiger partial charge in [0.05, 0.1) is 36.1 Å². The molecule has 2 fully saturated rings. The Bertz CT molecular complexity index is 1270. The van der Waals surface area contributed by atoms with Crippen molar-refractivity contribution in [3.63, 3.8) is 0 Å². The monoisotopic (exact) mass is 504 g/mol. The number of alkyl halides is 3. The lowest BCUT2D eigenvalue weighted by atomic mass is 9.71. The van der Waals surface area contributed by atoms with E-state index in [9.17, 15) is 23.1 Å². The molecule has 0 bridgehead atoms. The number of amides is 1. The molecule has 1 unspecified atom stereocenters. The highest BCUT2D eigenvalue weighted by Crippen LogP contribution is 2.44. The van der Waals surface area contributed by atoms with Crippen LogP contribution in [0.25, 0.3) is 10.9 Å². The van der Waals surface area contributed by atoms with E-state index in [1.165, 1.54) is 6.07 Å². The second-order valence-corrected chi connectivity index (χ2v) is 9.96. The van der Waals surface area contributed by atoms with E-state index in [2.05, 4.69) is 15.4 Å². The number of aliphatic hydroxyl groups is 1. The molecule has 3 aromatic rings. The molecular formula is C25H27F3N4O4. The van der Waals surface area contributed by atoms with Gasteiger partial charge in [0, 0.05) is 24.1 Å². The maximum Gasteiger partial charge on any atom is 0.433 e. The number of ether oxygens (including phenoxy) is 2. The molecule has 1 saturated heterocycles. The van der Waals surface area contributed by atoms with Crippen LogP contribution in [-0.2, 0) is 10.9 Å². The Morgan fingerprint density at radius 1 is 1.25 bits per heavy atom. The zero-order chi connectivity index (χ0) is 25.7. The zero-order valence-corrected chi connectivity index (χ0v) is 19.9. The van der Waals surface area contributed by atoms with E-state index in [-0.39, 0.29) is 23.8 Å². The molecule has 1 aromatic carbocycles. The van der Waals surface area contributed by atoms with E-state index in [0.717, 1.165) is 30.4 Å². The summed E-state index contributed by atoms with van der Waals surface area (Å²) in [7, 11) is 0. The maximum absolute atomic E-state index is 13.1. The first-order valence-corrected chi connectivity index (χ1v) is 11.8. The minimum absolute atomic E-state index is 0.147. The first kappa shape index (κ1) is 24.5. The van der Waals surface area contributed by atoms with Crippen molar-refractivity contribution in [2.75, 3.05) is 18.5 Å². The lowest BCUT2D eigenvalue weighted by Crippen LogP contribution is -2.41. The summed E-state index contributed by atoms with van der Waals surface area (Å²) in [6, 6.07) is 6.74. The standard InChI is InChI=1S/C25H27F3N4O4/c1-24(2,34)15-9-16(10-15)32-12-14-8-20(21(11-19(14)31-32)36-17-6-7-35-13-17)30-23(33)18-4-3-5-22(29-18)25(26,27)28/h3-5,8,11-12,15-17,34H,6-7,9-10,13H2,1-2H3,(H,30,33)/t15-,16-,17?. The number of rotatable bonds is 6. The van der Waals surface area contributed by atoms with Crippen LogP contribution in [0.2, 0.25) is 0 Å². The van der Waals surface area contributed by atoms with Gasteiger partial charge in [0.25, 0.3) is 5.91 Å². The number of pyridine rings is 1. The van der Waals surface area contributed by atoms with Crippen LogP contribution in [0.1, 0.15) is 55.3 Å². The number of benzene rings is 1. The largest absolute Gasteiger partial charge is 0.486 e. The van der Waals surface area contributed by atoms with Crippen LogP contribution in [0.5, 0.6) is 5.75 Å². The molecule has 0 radical (unpaired) electrons. The van der Waals surface area contributed by atoms with Crippen LogP contribution in [-0.4, -0.2) is 50.7 Å². The van der Waals surface area contributed by atoms with E-state index < -0.39 is 23.4 Å². The van der Waals surface area contributed by atoms with Gasteiger partial charge in [0.15, 0.2) is 0 Å². The number of aromatic nitrogens is 3. The van der Waals surface area contributed by atoms with Crippen LogP contribution >= 0.6 is 0 Å². The third-order valence-electron chi connectivity index (χ3n) is 6.81. The predicted octanol–water partition coefficient (Wildman–Crippen LogP) is 4.59. The van der Waals surface area contributed by atoms with Gasteiger partial charge >= 0.3 is 6.18 Å². The van der Waals surface area contributed by atoms with Crippen molar-refractivity contribution in [1.82, 2.24) is 14.8 Å². The maximum atomic E-state index is 13.1. The topological polar surface area (TPSA) is 98.5 Å². The Morgan fingerprint density at radius 3 is 2.69 bits per heavy atom. The predicted molar refractivity (Wildman–Crippen MR) is 125 cm³/mol. The number of hydrogen-bond acceptors (Lipinski definition) is 6. The van der Waals surface area contributed by atoms with Gasteiger partial charge in [-0.1, -0.05) is 6.07 Å². The summed E-state index contributed by atoms with van der Waals surface area (Å²) in [5.41, 5.74) is -1.28. The third-order valence-corrected chi connectivity index (χ3v) is 6.81. The molecule has 2 aliphatic rings. The van der Waals surface area contributed by atoms with Crippen molar-refractivity contribution in [2.45, 2.75) is 57.0 Å². The molecule has 2 N–H and O–H groups in total. The highest BCUT2D eigenvalue weighted by Gasteiger charge is 2.40. The van der Waals surface area contributed by atoms with E-state index >= 15 is 0 Å². The molecule has 3 heterocycles. The van der Waals surface area contributed by atoms with Crippen molar-refractivity contribution in [2.24, 2.45) is 5.92 Å². The van der Waals surface area contributed by atoms with Crippen molar-refractivity contribution in [1.29, 1.82) is 0 Å².